The number of carbonyl (C=O) groups is 2. The zero-order chi connectivity index (χ0) is 20.6. The molecule has 158 valence electrons. The maximum absolute atomic E-state index is 12.4. The monoisotopic (exact) mass is 435 g/mol. The summed E-state index contributed by atoms with van der Waals surface area (Å²) < 4.78 is 8.66. The zero-order valence-electron chi connectivity index (χ0n) is 17.2. The second kappa shape index (κ2) is 10.8. The fraction of sp³-hybridized carbons (Fsp3) is 0.571. The average Bonchev–Trinajstić information content (AvgIpc) is 2.86. The minimum Gasteiger partial charge on any atom is -0.494 e. The van der Waals surface area contributed by atoms with Gasteiger partial charge >= 0.3 is 0 Å². The lowest BCUT2D eigenvalue weighted by atomic mass is 10.2. The van der Waals surface area contributed by atoms with E-state index in [2.05, 4.69) is 4.99 Å². The number of benzene rings is 1. The summed E-state index contributed by atoms with van der Waals surface area (Å²) in [5.41, 5.74) is 1.05. The number of hydrogen-bond donors (Lipinski definition) is 0. The van der Waals surface area contributed by atoms with Crippen LogP contribution in [0, 0.1) is 0 Å². The molecule has 0 atom stereocenters. The van der Waals surface area contributed by atoms with E-state index in [1.165, 1.54) is 35.9 Å². The molecule has 1 aromatic heterocycles. The molecule has 1 aliphatic heterocycles. The number of thioether (sulfide) groups is 1. The van der Waals surface area contributed by atoms with Gasteiger partial charge in [0.15, 0.2) is 4.80 Å². The molecule has 3 rings (SSSR count). The highest BCUT2D eigenvalue weighted by atomic mass is 32.2. The number of thiazole rings is 1. The lowest BCUT2D eigenvalue weighted by Gasteiger charge is -2.19. The third kappa shape index (κ3) is 5.85. The van der Waals surface area contributed by atoms with Gasteiger partial charge in [0.05, 0.1) is 28.3 Å². The molecule has 0 radical (unpaired) electrons. The minimum atomic E-state index is -0.197. The van der Waals surface area contributed by atoms with Crippen LogP contribution in [-0.4, -0.2) is 52.5 Å². The molecule has 1 aromatic carbocycles. The first-order valence-corrected chi connectivity index (χ1v) is 12.3. The van der Waals surface area contributed by atoms with E-state index in [1.807, 2.05) is 41.5 Å². The van der Waals surface area contributed by atoms with E-state index < -0.39 is 0 Å². The number of fused-ring (bicyclic) bond motifs is 1. The van der Waals surface area contributed by atoms with Crippen molar-refractivity contribution in [3.8, 4) is 5.75 Å². The zero-order valence-corrected chi connectivity index (χ0v) is 18.8. The molecule has 0 spiro atoms. The summed E-state index contributed by atoms with van der Waals surface area (Å²) in [5, 5.41) is 0. The van der Waals surface area contributed by atoms with Crippen LogP contribution in [0.1, 0.15) is 39.5 Å². The van der Waals surface area contributed by atoms with Crippen molar-refractivity contribution < 1.29 is 14.3 Å². The van der Waals surface area contributed by atoms with Gasteiger partial charge in [-0.05, 0) is 44.9 Å². The van der Waals surface area contributed by atoms with Crippen LogP contribution in [0.4, 0.5) is 0 Å². The number of rotatable bonds is 7. The minimum absolute atomic E-state index is 0.138. The summed E-state index contributed by atoms with van der Waals surface area (Å²) in [4.78, 5) is 31.7. The number of carbonyl (C=O) groups excluding carboxylic acids is 2. The Labute approximate surface area is 180 Å². The topological polar surface area (TPSA) is 63.9 Å². The van der Waals surface area contributed by atoms with Crippen LogP contribution in [0.25, 0.3) is 10.2 Å². The molecule has 0 aliphatic carbocycles. The van der Waals surface area contributed by atoms with Crippen molar-refractivity contribution in [1.29, 1.82) is 0 Å². The third-order valence-corrected chi connectivity index (χ3v) is 6.85. The highest BCUT2D eigenvalue weighted by Gasteiger charge is 2.16. The summed E-state index contributed by atoms with van der Waals surface area (Å²) in [6, 6.07) is 5.95. The molecule has 0 bridgehead atoms. The number of likely N-dealkylation sites (tertiary alicyclic amines) is 1. The normalized spacial score (nSPS) is 15.5. The van der Waals surface area contributed by atoms with Crippen LogP contribution in [0.5, 0.6) is 5.75 Å². The molecular formula is C21H29N3O3S2. The standard InChI is InChI=1S/C21H29N3O3S2/c1-3-24-17-10-9-16(27-4-2)13-18(17)29-21(24)22-19(25)14-28-15-20(26)23-11-7-5-6-8-12-23/h9-10,13H,3-8,11-12,14-15H2,1-2H3. The van der Waals surface area contributed by atoms with Gasteiger partial charge in [0.1, 0.15) is 5.75 Å². The molecule has 0 unspecified atom stereocenters. The molecule has 2 aromatic rings. The van der Waals surface area contributed by atoms with E-state index in [4.69, 9.17) is 4.74 Å². The van der Waals surface area contributed by atoms with E-state index in [1.54, 1.807) is 0 Å². The second-order valence-electron chi connectivity index (χ2n) is 6.98. The Morgan fingerprint density at radius 1 is 1.14 bits per heavy atom. The van der Waals surface area contributed by atoms with Crippen molar-refractivity contribution in [3.05, 3.63) is 23.0 Å². The fourth-order valence-electron chi connectivity index (χ4n) is 3.48. The molecule has 8 heteroatoms. The predicted octanol–water partition coefficient (Wildman–Crippen LogP) is 3.68. The van der Waals surface area contributed by atoms with E-state index in [9.17, 15) is 9.59 Å². The quantitative estimate of drug-likeness (QED) is 0.665. The maximum atomic E-state index is 12.4. The Balaban J connectivity index is 1.63. The van der Waals surface area contributed by atoms with Gasteiger partial charge < -0.3 is 14.2 Å². The van der Waals surface area contributed by atoms with E-state index in [0.29, 0.717) is 17.2 Å². The van der Waals surface area contributed by atoms with Crippen LogP contribution >= 0.6 is 23.1 Å². The largest absolute Gasteiger partial charge is 0.494 e. The Morgan fingerprint density at radius 3 is 2.59 bits per heavy atom. The van der Waals surface area contributed by atoms with Gasteiger partial charge in [0.2, 0.25) is 5.91 Å². The van der Waals surface area contributed by atoms with Gasteiger partial charge in [0.25, 0.3) is 5.91 Å². The summed E-state index contributed by atoms with van der Waals surface area (Å²) >= 11 is 2.85. The number of ether oxygens (including phenoxy) is 1. The number of nitrogens with zero attached hydrogens (tertiary/aromatic N) is 3. The van der Waals surface area contributed by atoms with Crippen molar-refractivity contribution in [3.63, 3.8) is 0 Å². The van der Waals surface area contributed by atoms with Crippen molar-refractivity contribution in [2.45, 2.75) is 46.1 Å². The van der Waals surface area contributed by atoms with Gasteiger partial charge in [0, 0.05) is 19.6 Å². The SMILES string of the molecule is CCOc1ccc2c(c1)sc(=NC(=O)CSCC(=O)N1CCCCCC1)n2CC. The molecule has 1 fully saturated rings. The lowest BCUT2D eigenvalue weighted by Crippen LogP contribution is -2.33. The smallest absolute Gasteiger partial charge is 0.258 e. The van der Waals surface area contributed by atoms with Crippen LogP contribution in [0.2, 0.25) is 0 Å². The van der Waals surface area contributed by atoms with Gasteiger partial charge in [-0.1, -0.05) is 24.2 Å². The number of aromatic nitrogens is 1. The fourth-order valence-corrected chi connectivity index (χ4v) is 5.31. The van der Waals surface area contributed by atoms with E-state index >= 15 is 0 Å². The molecule has 0 N–H and O–H groups in total. The van der Waals surface area contributed by atoms with Gasteiger partial charge in [-0.25, -0.2) is 0 Å². The van der Waals surface area contributed by atoms with Gasteiger partial charge in [-0.2, -0.15) is 4.99 Å². The maximum Gasteiger partial charge on any atom is 0.258 e. The second-order valence-corrected chi connectivity index (χ2v) is 8.98. The van der Waals surface area contributed by atoms with Crippen LogP contribution < -0.4 is 9.54 Å². The van der Waals surface area contributed by atoms with Crippen molar-refractivity contribution in [2.24, 2.45) is 4.99 Å². The third-order valence-electron chi connectivity index (χ3n) is 4.91. The van der Waals surface area contributed by atoms with Gasteiger partial charge in [-0.3, -0.25) is 9.59 Å². The number of hydrogen-bond acceptors (Lipinski definition) is 5. The van der Waals surface area contributed by atoms with Crippen LogP contribution in [0.3, 0.4) is 0 Å². The molecule has 1 saturated heterocycles. The Hall–Kier alpha value is -1.80. The van der Waals surface area contributed by atoms with Crippen molar-refractivity contribution in [1.82, 2.24) is 9.47 Å². The number of aryl methyl sites for hydroxylation is 1. The number of amides is 2. The molecule has 6 nitrogen and oxygen atoms in total. The van der Waals surface area contributed by atoms with Crippen molar-refractivity contribution >= 4 is 45.1 Å². The predicted molar refractivity (Wildman–Crippen MR) is 120 cm³/mol. The van der Waals surface area contributed by atoms with Gasteiger partial charge in [-0.15, -0.1) is 11.8 Å². The Morgan fingerprint density at radius 2 is 1.90 bits per heavy atom. The average molecular weight is 436 g/mol. The molecule has 2 amide bonds. The first-order chi connectivity index (χ1) is 14.1. The van der Waals surface area contributed by atoms with Crippen molar-refractivity contribution in [2.75, 3.05) is 31.2 Å². The molecule has 2 heterocycles. The summed E-state index contributed by atoms with van der Waals surface area (Å²) in [6.45, 7) is 7.05. The van der Waals surface area contributed by atoms with Crippen LogP contribution in [0.15, 0.2) is 23.2 Å². The summed E-state index contributed by atoms with van der Waals surface area (Å²) in [5.74, 6) is 1.34. The molecule has 29 heavy (non-hydrogen) atoms. The lowest BCUT2D eigenvalue weighted by molar-refractivity contribution is -0.128. The Kier molecular flexibility index (Phi) is 8.18. The molecule has 0 saturated carbocycles. The highest BCUT2D eigenvalue weighted by molar-refractivity contribution is 8.00. The van der Waals surface area contributed by atoms with Crippen LogP contribution in [-0.2, 0) is 16.1 Å². The Bertz CT molecular complexity index is 912. The summed E-state index contributed by atoms with van der Waals surface area (Å²) in [7, 11) is 0. The first kappa shape index (κ1) is 21.9. The summed E-state index contributed by atoms with van der Waals surface area (Å²) in [6.07, 6.45) is 4.57. The first-order valence-electron chi connectivity index (χ1n) is 10.3. The van der Waals surface area contributed by atoms with E-state index in [-0.39, 0.29) is 17.6 Å². The highest BCUT2D eigenvalue weighted by Crippen LogP contribution is 2.23. The molecule has 1 aliphatic rings. The molecular weight excluding hydrogens is 406 g/mol. The van der Waals surface area contributed by atoms with E-state index in [0.717, 1.165) is 48.4 Å².